The van der Waals surface area contributed by atoms with E-state index in [1.807, 2.05) is 0 Å². The lowest BCUT2D eigenvalue weighted by molar-refractivity contribution is 0.322. The van der Waals surface area contributed by atoms with E-state index < -0.39 is 0 Å². The highest BCUT2D eigenvalue weighted by Gasteiger charge is 2.18. The van der Waals surface area contributed by atoms with Crippen molar-refractivity contribution in [1.82, 2.24) is 0 Å². The van der Waals surface area contributed by atoms with Gasteiger partial charge in [0.1, 0.15) is 0 Å². The fourth-order valence-electron chi connectivity index (χ4n) is 1.93. The zero-order chi connectivity index (χ0) is 13.3. The van der Waals surface area contributed by atoms with Gasteiger partial charge in [0.2, 0.25) is 0 Å². The van der Waals surface area contributed by atoms with E-state index in [0.29, 0.717) is 6.04 Å². The third-order valence-electron chi connectivity index (χ3n) is 3.03. The van der Waals surface area contributed by atoms with Crippen LogP contribution in [0.4, 0.5) is 0 Å². The number of aliphatic imine (C=N–C) groups is 1. The summed E-state index contributed by atoms with van der Waals surface area (Å²) in [7, 11) is 0. The fraction of sp³-hybridized carbons (Fsp3) is 0.667. The molecule has 1 N–H and O–H groups in total. The number of aliphatic hydroxyl groups is 1. The number of hydrogen-bond acceptors (Lipinski definition) is 3. The molecule has 0 saturated carbocycles. The fourth-order valence-corrected chi connectivity index (χ4v) is 2.75. The third kappa shape index (κ3) is 5.87. The maximum absolute atomic E-state index is 8.81. The Morgan fingerprint density at radius 1 is 1.50 bits per heavy atom. The quantitative estimate of drug-likeness (QED) is 0.539. The Balaban J connectivity index is 2.48. The summed E-state index contributed by atoms with van der Waals surface area (Å²) >= 11 is 1.79. The Kier molecular flexibility index (Phi) is 7.36. The molecule has 1 aliphatic rings. The van der Waals surface area contributed by atoms with Crippen LogP contribution in [0.15, 0.2) is 29.3 Å². The van der Waals surface area contributed by atoms with Gasteiger partial charge in [0.05, 0.1) is 12.6 Å². The predicted octanol–water partition coefficient (Wildman–Crippen LogP) is 3.47. The highest BCUT2D eigenvalue weighted by molar-refractivity contribution is 7.99. The molecule has 2 atom stereocenters. The molecule has 0 fully saturated rings. The first kappa shape index (κ1) is 15.5. The van der Waals surface area contributed by atoms with Gasteiger partial charge >= 0.3 is 0 Å². The van der Waals surface area contributed by atoms with Crippen molar-refractivity contribution in [2.75, 3.05) is 18.1 Å². The van der Waals surface area contributed by atoms with E-state index in [4.69, 9.17) is 10.1 Å². The molecule has 102 valence electrons. The van der Waals surface area contributed by atoms with Crippen LogP contribution in [0.3, 0.4) is 0 Å². The molecule has 3 heteroatoms. The van der Waals surface area contributed by atoms with Crippen molar-refractivity contribution in [3.63, 3.8) is 0 Å². The van der Waals surface area contributed by atoms with E-state index in [-0.39, 0.29) is 12.0 Å². The predicted molar refractivity (Wildman–Crippen MR) is 82.6 cm³/mol. The number of allylic oxidation sites excluding steroid dienone is 4. The molecule has 0 saturated heterocycles. The van der Waals surface area contributed by atoms with E-state index in [0.717, 1.165) is 30.8 Å². The molecule has 2 unspecified atom stereocenters. The number of nitrogens with zero attached hydrogens (tertiary/aromatic N) is 1. The van der Waals surface area contributed by atoms with Gasteiger partial charge in [0.25, 0.3) is 0 Å². The summed E-state index contributed by atoms with van der Waals surface area (Å²) < 4.78 is 0. The molecular formula is C15H25NOS. The summed E-state index contributed by atoms with van der Waals surface area (Å²) in [5.41, 5.74) is 0.0857. The molecule has 0 aromatic heterocycles. The van der Waals surface area contributed by atoms with Crippen LogP contribution in [0.25, 0.3) is 0 Å². The molecule has 0 radical (unpaired) electrons. The average molecular weight is 267 g/mol. The monoisotopic (exact) mass is 267 g/mol. The summed E-state index contributed by atoms with van der Waals surface area (Å²) in [5.74, 6) is 1.83. The van der Waals surface area contributed by atoms with Gasteiger partial charge < -0.3 is 5.11 Å². The van der Waals surface area contributed by atoms with Gasteiger partial charge in [-0.3, -0.25) is 4.99 Å². The van der Waals surface area contributed by atoms with Gasteiger partial charge in [-0.15, -0.1) is 0 Å². The standard InChI is InChI=1S/C15H25NOS/c1-3-7-14(12-18-11-10-17)16-13-15(2)8-5-4-6-9-15/h4-6,8,13-14,17H,3,7,9-12H2,1-2H3. The van der Waals surface area contributed by atoms with Gasteiger partial charge in [0.15, 0.2) is 0 Å². The SMILES string of the molecule is CCCC(CSCCO)N=CC1(C)C=CC=CC1. The van der Waals surface area contributed by atoms with Crippen molar-refractivity contribution in [3.8, 4) is 0 Å². The summed E-state index contributed by atoms with van der Waals surface area (Å²) in [6, 6.07) is 0.391. The number of aliphatic hydroxyl groups excluding tert-OH is 1. The van der Waals surface area contributed by atoms with E-state index in [1.54, 1.807) is 11.8 Å². The molecule has 0 aromatic carbocycles. The molecule has 0 aromatic rings. The molecule has 0 bridgehead atoms. The van der Waals surface area contributed by atoms with Crippen LogP contribution in [0, 0.1) is 5.41 Å². The molecule has 1 rings (SSSR count). The van der Waals surface area contributed by atoms with Crippen LogP contribution >= 0.6 is 11.8 Å². The second-order valence-corrected chi connectivity index (χ2v) is 6.17. The molecule has 1 aliphatic carbocycles. The summed E-state index contributed by atoms with van der Waals surface area (Å²) in [4.78, 5) is 4.77. The highest BCUT2D eigenvalue weighted by atomic mass is 32.2. The van der Waals surface area contributed by atoms with E-state index in [2.05, 4.69) is 44.4 Å². The lowest BCUT2D eigenvalue weighted by atomic mass is 9.85. The molecular weight excluding hydrogens is 242 g/mol. The topological polar surface area (TPSA) is 32.6 Å². The second kappa shape index (κ2) is 8.54. The Labute approximate surface area is 115 Å². The zero-order valence-electron chi connectivity index (χ0n) is 11.5. The van der Waals surface area contributed by atoms with Gasteiger partial charge in [-0.1, -0.05) is 44.6 Å². The third-order valence-corrected chi connectivity index (χ3v) is 4.12. The van der Waals surface area contributed by atoms with Crippen LogP contribution in [-0.4, -0.2) is 35.5 Å². The molecule has 0 spiro atoms. The van der Waals surface area contributed by atoms with Crippen LogP contribution < -0.4 is 0 Å². The molecule has 18 heavy (non-hydrogen) atoms. The van der Waals surface area contributed by atoms with E-state index in [1.165, 1.54) is 0 Å². The Hall–Kier alpha value is -0.540. The number of rotatable bonds is 8. The zero-order valence-corrected chi connectivity index (χ0v) is 12.3. The minimum atomic E-state index is 0.0857. The maximum atomic E-state index is 8.81. The van der Waals surface area contributed by atoms with Gasteiger partial charge in [0, 0.05) is 23.1 Å². The van der Waals surface area contributed by atoms with Crippen LogP contribution in [-0.2, 0) is 0 Å². The van der Waals surface area contributed by atoms with Crippen molar-refractivity contribution in [2.24, 2.45) is 10.4 Å². The smallest absolute Gasteiger partial charge is 0.0586 e. The first-order valence-corrected chi connectivity index (χ1v) is 7.93. The van der Waals surface area contributed by atoms with Gasteiger partial charge in [-0.05, 0) is 12.8 Å². The molecule has 2 nitrogen and oxygen atoms in total. The largest absolute Gasteiger partial charge is 0.396 e. The highest BCUT2D eigenvalue weighted by Crippen LogP contribution is 2.25. The van der Waals surface area contributed by atoms with Crippen molar-refractivity contribution in [1.29, 1.82) is 0 Å². The first-order chi connectivity index (χ1) is 8.70. The van der Waals surface area contributed by atoms with Crippen LogP contribution in [0.2, 0.25) is 0 Å². The van der Waals surface area contributed by atoms with E-state index in [9.17, 15) is 0 Å². The normalized spacial score (nSPS) is 24.8. The summed E-state index contributed by atoms with van der Waals surface area (Å²) in [5, 5.41) is 8.81. The number of hydrogen-bond donors (Lipinski definition) is 1. The van der Waals surface area contributed by atoms with Gasteiger partial charge in [-0.2, -0.15) is 11.8 Å². The van der Waals surface area contributed by atoms with Crippen LogP contribution in [0.5, 0.6) is 0 Å². The van der Waals surface area contributed by atoms with E-state index >= 15 is 0 Å². The van der Waals surface area contributed by atoms with Crippen molar-refractivity contribution in [3.05, 3.63) is 24.3 Å². The van der Waals surface area contributed by atoms with Crippen molar-refractivity contribution < 1.29 is 5.11 Å². The van der Waals surface area contributed by atoms with Crippen molar-refractivity contribution >= 4 is 18.0 Å². The van der Waals surface area contributed by atoms with Gasteiger partial charge in [-0.25, -0.2) is 0 Å². The number of thioether (sulfide) groups is 1. The van der Waals surface area contributed by atoms with Crippen LogP contribution in [0.1, 0.15) is 33.1 Å². The Morgan fingerprint density at radius 2 is 2.33 bits per heavy atom. The molecule has 0 heterocycles. The first-order valence-electron chi connectivity index (χ1n) is 6.77. The Morgan fingerprint density at radius 3 is 2.94 bits per heavy atom. The summed E-state index contributed by atoms with van der Waals surface area (Å²) in [6.07, 6.45) is 14.1. The average Bonchev–Trinajstić information content (AvgIpc) is 2.37. The second-order valence-electron chi connectivity index (χ2n) is 5.02. The van der Waals surface area contributed by atoms with Crippen molar-refractivity contribution in [2.45, 2.75) is 39.2 Å². The molecule has 0 aliphatic heterocycles. The minimum Gasteiger partial charge on any atom is -0.396 e. The molecule has 0 amide bonds. The minimum absolute atomic E-state index is 0.0857. The lowest BCUT2D eigenvalue weighted by Gasteiger charge is -2.22. The summed E-state index contributed by atoms with van der Waals surface area (Å²) in [6.45, 7) is 4.68. The maximum Gasteiger partial charge on any atom is 0.0586 e. The lowest BCUT2D eigenvalue weighted by Crippen LogP contribution is -2.18. The Bertz CT molecular complexity index is 312.